The summed E-state index contributed by atoms with van der Waals surface area (Å²) in [5.41, 5.74) is 1.45. The van der Waals surface area contributed by atoms with Crippen LogP contribution in [0.15, 0.2) is 79.5 Å². The molecule has 3 rings (SSSR count). The fraction of sp³-hybridized carbons (Fsp3) is 0.259. The van der Waals surface area contributed by atoms with Gasteiger partial charge in [-0.15, -0.1) is 6.58 Å². The van der Waals surface area contributed by atoms with Crippen molar-refractivity contribution in [1.82, 2.24) is 4.98 Å². The number of rotatable bonds is 10. The maximum Gasteiger partial charge on any atom is 0.343 e. The van der Waals surface area contributed by atoms with Gasteiger partial charge in [-0.05, 0) is 62.2 Å². The first-order chi connectivity index (χ1) is 15.8. The third kappa shape index (κ3) is 6.59. The third-order valence-electron chi connectivity index (χ3n) is 4.89. The van der Waals surface area contributed by atoms with Crippen molar-refractivity contribution in [1.29, 1.82) is 0 Å². The fourth-order valence-electron chi connectivity index (χ4n) is 3.33. The van der Waals surface area contributed by atoms with Crippen LogP contribution in [-0.4, -0.2) is 29.8 Å². The van der Waals surface area contributed by atoms with E-state index in [0.29, 0.717) is 10.8 Å². The van der Waals surface area contributed by atoms with E-state index in [1.807, 2.05) is 50.3 Å². The van der Waals surface area contributed by atoms with Gasteiger partial charge < -0.3 is 14.2 Å². The highest BCUT2D eigenvalue weighted by molar-refractivity contribution is 6.30. The average Bonchev–Trinajstić information content (AvgIpc) is 2.81. The Morgan fingerprint density at radius 1 is 1.12 bits per heavy atom. The summed E-state index contributed by atoms with van der Waals surface area (Å²) in [7, 11) is 0. The lowest BCUT2D eigenvalue weighted by Gasteiger charge is -2.26. The van der Waals surface area contributed by atoms with Gasteiger partial charge in [0.1, 0.15) is 23.5 Å². The largest absolute Gasteiger partial charge is 0.484 e. The molecular formula is C27H28ClNO4. The van der Waals surface area contributed by atoms with Gasteiger partial charge in [-0.3, -0.25) is 0 Å². The molecule has 0 fully saturated rings. The fourth-order valence-corrected chi connectivity index (χ4v) is 3.45. The van der Waals surface area contributed by atoms with E-state index in [2.05, 4.69) is 11.6 Å². The van der Waals surface area contributed by atoms with Crippen LogP contribution in [0.25, 0.3) is 0 Å². The first kappa shape index (κ1) is 24.3. The summed E-state index contributed by atoms with van der Waals surface area (Å²) in [6.45, 7) is 9.92. The summed E-state index contributed by atoms with van der Waals surface area (Å²) in [6, 6.07) is 18.8. The minimum atomic E-state index is -0.687. The Morgan fingerprint density at radius 3 is 2.45 bits per heavy atom. The number of pyridine rings is 1. The Labute approximate surface area is 200 Å². The maximum absolute atomic E-state index is 12.7. The molecule has 1 aromatic heterocycles. The Balaban J connectivity index is 1.83. The summed E-state index contributed by atoms with van der Waals surface area (Å²) in [5, 5.41) is 0.633. The van der Waals surface area contributed by atoms with Crippen molar-refractivity contribution in [3.05, 3.63) is 101 Å². The summed E-state index contributed by atoms with van der Waals surface area (Å²) < 4.78 is 17.2. The Hall–Kier alpha value is -3.31. The predicted octanol–water partition coefficient (Wildman–Crippen LogP) is 6.47. The third-order valence-corrected chi connectivity index (χ3v) is 5.14. The standard InChI is InChI=1S/C27H28ClNO4/c1-5-23(19-10-8-7-9-11-19)20-16-24(26(30)31-6-2)25(29-17-20)32-18-27(3,4)33-22-14-12-21(28)13-15-22/h5,7-17,23H,1,6,18H2,2-4H3. The van der Waals surface area contributed by atoms with Crippen molar-refractivity contribution in [2.45, 2.75) is 32.3 Å². The molecule has 0 aliphatic rings. The molecule has 0 amide bonds. The second kappa shape index (κ2) is 11.0. The molecule has 1 atom stereocenters. The highest BCUT2D eigenvalue weighted by atomic mass is 35.5. The first-order valence-electron chi connectivity index (χ1n) is 10.7. The van der Waals surface area contributed by atoms with Gasteiger partial charge >= 0.3 is 5.97 Å². The van der Waals surface area contributed by atoms with Gasteiger partial charge in [-0.1, -0.05) is 48.0 Å². The quantitative estimate of drug-likeness (QED) is 0.254. The predicted molar refractivity (Wildman–Crippen MR) is 130 cm³/mol. The number of carbonyl (C=O) groups excluding carboxylic acids is 1. The number of aromatic nitrogens is 1. The molecule has 172 valence electrons. The van der Waals surface area contributed by atoms with Gasteiger partial charge in [0.05, 0.1) is 6.61 Å². The second-order valence-corrected chi connectivity index (χ2v) is 8.51. The number of benzene rings is 2. The normalized spacial score (nSPS) is 12.0. The van der Waals surface area contributed by atoms with E-state index in [1.165, 1.54) is 0 Å². The molecule has 0 spiro atoms. The van der Waals surface area contributed by atoms with Crippen LogP contribution in [-0.2, 0) is 4.74 Å². The first-order valence-corrected chi connectivity index (χ1v) is 11.1. The molecule has 1 unspecified atom stereocenters. The number of allylic oxidation sites excluding steroid dienone is 1. The summed E-state index contributed by atoms with van der Waals surface area (Å²) >= 11 is 5.94. The molecule has 0 bridgehead atoms. The van der Waals surface area contributed by atoms with Gasteiger partial charge in [-0.2, -0.15) is 0 Å². The lowest BCUT2D eigenvalue weighted by atomic mass is 9.92. The van der Waals surface area contributed by atoms with Crippen molar-refractivity contribution in [2.75, 3.05) is 13.2 Å². The van der Waals surface area contributed by atoms with Crippen molar-refractivity contribution in [3.8, 4) is 11.6 Å². The minimum Gasteiger partial charge on any atom is -0.484 e. The zero-order valence-electron chi connectivity index (χ0n) is 19.1. The van der Waals surface area contributed by atoms with Crippen molar-refractivity contribution in [2.24, 2.45) is 0 Å². The van der Waals surface area contributed by atoms with E-state index in [0.717, 1.165) is 11.1 Å². The molecule has 0 saturated carbocycles. The lowest BCUT2D eigenvalue weighted by molar-refractivity contribution is 0.0441. The van der Waals surface area contributed by atoms with E-state index in [9.17, 15) is 4.79 Å². The highest BCUT2D eigenvalue weighted by Crippen LogP contribution is 2.29. The number of esters is 1. The van der Waals surface area contributed by atoms with Gasteiger partial charge in [0.2, 0.25) is 5.88 Å². The molecule has 6 heteroatoms. The van der Waals surface area contributed by atoms with Crippen LogP contribution < -0.4 is 9.47 Å². The molecule has 2 aromatic carbocycles. The topological polar surface area (TPSA) is 57.7 Å². The average molecular weight is 466 g/mol. The Bertz CT molecular complexity index is 1080. The molecule has 33 heavy (non-hydrogen) atoms. The second-order valence-electron chi connectivity index (χ2n) is 8.07. The molecule has 0 N–H and O–H groups in total. The summed E-state index contributed by atoms with van der Waals surface area (Å²) in [6.07, 6.45) is 3.52. The Kier molecular flexibility index (Phi) is 8.12. The van der Waals surface area contributed by atoms with E-state index in [1.54, 1.807) is 43.5 Å². The van der Waals surface area contributed by atoms with Crippen LogP contribution in [0.1, 0.15) is 48.2 Å². The number of nitrogens with zero attached hydrogens (tertiary/aromatic N) is 1. The van der Waals surface area contributed by atoms with E-state index < -0.39 is 11.6 Å². The monoisotopic (exact) mass is 465 g/mol. The van der Waals surface area contributed by atoms with Crippen LogP contribution in [0.2, 0.25) is 5.02 Å². The van der Waals surface area contributed by atoms with Gasteiger partial charge in [0.15, 0.2) is 0 Å². The smallest absolute Gasteiger partial charge is 0.343 e. The molecule has 5 nitrogen and oxygen atoms in total. The van der Waals surface area contributed by atoms with Crippen LogP contribution >= 0.6 is 11.6 Å². The minimum absolute atomic E-state index is 0.120. The molecule has 0 aliphatic heterocycles. The molecule has 0 aliphatic carbocycles. The van der Waals surface area contributed by atoms with Crippen molar-refractivity contribution >= 4 is 17.6 Å². The van der Waals surface area contributed by atoms with Crippen LogP contribution in [0.3, 0.4) is 0 Å². The Morgan fingerprint density at radius 2 is 1.82 bits per heavy atom. The molecule has 0 radical (unpaired) electrons. The van der Waals surface area contributed by atoms with Gasteiger partial charge in [0.25, 0.3) is 0 Å². The van der Waals surface area contributed by atoms with Crippen LogP contribution in [0.5, 0.6) is 11.6 Å². The zero-order valence-corrected chi connectivity index (χ0v) is 19.8. The SMILES string of the molecule is C=CC(c1ccccc1)c1cnc(OCC(C)(C)Oc2ccc(Cl)cc2)c(C(=O)OCC)c1. The molecular weight excluding hydrogens is 438 g/mol. The highest BCUT2D eigenvalue weighted by Gasteiger charge is 2.25. The van der Waals surface area contributed by atoms with Crippen LogP contribution in [0, 0.1) is 0 Å². The lowest BCUT2D eigenvalue weighted by Crippen LogP contribution is -2.36. The summed E-state index contributed by atoms with van der Waals surface area (Å²) in [4.78, 5) is 17.2. The molecule has 0 saturated heterocycles. The van der Waals surface area contributed by atoms with E-state index in [-0.39, 0.29) is 30.6 Å². The number of hydrogen-bond donors (Lipinski definition) is 0. The van der Waals surface area contributed by atoms with Crippen molar-refractivity contribution in [3.63, 3.8) is 0 Å². The van der Waals surface area contributed by atoms with Gasteiger partial charge in [0, 0.05) is 17.1 Å². The number of carbonyl (C=O) groups is 1. The van der Waals surface area contributed by atoms with Crippen LogP contribution in [0.4, 0.5) is 0 Å². The van der Waals surface area contributed by atoms with Gasteiger partial charge in [-0.25, -0.2) is 9.78 Å². The zero-order chi connectivity index (χ0) is 23.8. The van der Waals surface area contributed by atoms with E-state index in [4.69, 9.17) is 25.8 Å². The number of ether oxygens (including phenoxy) is 3. The van der Waals surface area contributed by atoms with E-state index >= 15 is 0 Å². The van der Waals surface area contributed by atoms with Crippen molar-refractivity contribution < 1.29 is 19.0 Å². The summed E-state index contributed by atoms with van der Waals surface area (Å²) in [5.74, 6) is 0.249. The maximum atomic E-state index is 12.7. The molecule has 3 aromatic rings. The number of halogens is 1. The molecule has 1 heterocycles. The number of hydrogen-bond acceptors (Lipinski definition) is 5.